The third-order valence-electron chi connectivity index (χ3n) is 2.20. The van der Waals surface area contributed by atoms with Gasteiger partial charge in [0.25, 0.3) is 0 Å². The summed E-state index contributed by atoms with van der Waals surface area (Å²) in [6.07, 6.45) is 0. The van der Waals surface area contributed by atoms with Crippen LogP contribution in [0.5, 0.6) is 0 Å². The highest BCUT2D eigenvalue weighted by atomic mass is 32.2. The Bertz CT molecular complexity index is 511. The molecule has 0 radical (unpaired) electrons. The first-order chi connectivity index (χ1) is 7.49. The quantitative estimate of drug-likeness (QED) is 0.645. The van der Waals surface area contributed by atoms with E-state index < -0.39 is 33.2 Å². The molecule has 1 aromatic carbocycles. The summed E-state index contributed by atoms with van der Waals surface area (Å²) >= 11 is 0. The van der Waals surface area contributed by atoms with Crippen molar-refractivity contribution in [2.45, 2.75) is 0 Å². The smallest absolute Gasteiger partial charge is 0.248 e. The van der Waals surface area contributed by atoms with Crippen LogP contribution in [0.25, 0.3) is 0 Å². The number of amides is 2. The number of sulfone groups is 1. The van der Waals surface area contributed by atoms with Crippen LogP contribution in [0.4, 0.5) is 5.69 Å². The van der Waals surface area contributed by atoms with Crippen molar-refractivity contribution in [1.29, 1.82) is 0 Å². The third kappa shape index (κ3) is 1.96. The fourth-order valence-corrected chi connectivity index (χ4v) is 2.67. The normalized spacial score (nSPS) is 19.9. The molecule has 0 N–H and O–H groups in total. The van der Waals surface area contributed by atoms with Crippen molar-refractivity contribution >= 4 is 27.3 Å². The summed E-state index contributed by atoms with van der Waals surface area (Å²) in [5.41, 5.74) is 0.410. The summed E-state index contributed by atoms with van der Waals surface area (Å²) in [5.74, 6) is -2.59. The van der Waals surface area contributed by atoms with E-state index in [4.69, 9.17) is 0 Å². The van der Waals surface area contributed by atoms with Crippen molar-refractivity contribution in [1.82, 2.24) is 0 Å². The van der Waals surface area contributed by atoms with Gasteiger partial charge in [0.05, 0.1) is 5.69 Å². The van der Waals surface area contributed by atoms with E-state index in [0.717, 1.165) is 4.90 Å². The molecule has 6 heteroatoms. The monoisotopic (exact) mass is 239 g/mol. The van der Waals surface area contributed by atoms with E-state index >= 15 is 0 Å². The van der Waals surface area contributed by atoms with Gasteiger partial charge in [-0.1, -0.05) is 18.2 Å². The first kappa shape index (κ1) is 10.8. The summed E-state index contributed by atoms with van der Waals surface area (Å²) < 4.78 is 22.4. The highest BCUT2D eigenvalue weighted by molar-refractivity contribution is 7.93. The first-order valence-electron chi connectivity index (χ1n) is 4.61. The Morgan fingerprint density at radius 1 is 0.938 bits per heavy atom. The van der Waals surface area contributed by atoms with Gasteiger partial charge in [-0.05, 0) is 12.1 Å². The molecule has 2 rings (SSSR count). The molecule has 0 aliphatic carbocycles. The van der Waals surface area contributed by atoms with Crippen LogP contribution in [-0.2, 0) is 19.4 Å². The second-order valence-corrected chi connectivity index (χ2v) is 5.56. The van der Waals surface area contributed by atoms with Crippen LogP contribution in [0.2, 0.25) is 0 Å². The van der Waals surface area contributed by atoms with E-state index in [9.17, 15) is 18.0 Å². The van der Waals surface area contributed by atoms with E-state index in [1.165, 1.54) is 0 Å². The van der Waals surface area contributed by atoms with E-state index in [2.05, 4.69) is 0 Å². The molecule has 0 spiro atoms. The molecule has 0 saturated carbocycles. The number of para-hydroxylation sites is 1. The number of carbonyl (C=O) groups is 2. The fraction of sp³-hybridized carbons (Fsp3) is 0.200. The average Bonchev–Trinajstić information content (AvgIpc) is 2.16. The van der Waals surface area contributed by atoms with Crippen LogP contribution >= 0.6 is 0 Å². The molecule has 5 nitrogen and oxygen atoms in total. The number of anilines is 1. The van der Waals surface area contributed by atoms with Crippen molar-refractivity contribution in [2.75, 3.05) is 16.4 Å². The lowest BCUT2D eigenvalue weighted by atomic mass is 10.3. The highest BCUT2D eigenvalue weighted by Gasteiger charge is 2.36. The SMILES string of the molecule is O=C1CS(=O)(=O)CC(=O)N1c1ccccc1. The molecule has 0 atom stereocenters. The fourth-order valence-electron chi connectivity index (χ4n) is 1.56. The van der Waals surface area contributed by atoms with Gasteiger partial charge in [0.1, 0.15) is 11.5 Å². The molecule has 0 bridgehead atoms. The lowest BCUT2D eigenvalue weighted by molar-refractivity contribution is -0.124. The maximum atomic E-state index is 11.5. The van der Waals surface area contributed by atoms with Gasteiger partial charge < -0.3 is 0 Å². The predicted molar refractivity (Wildman–Crippen MR) is 57.6 cm³/mol. The molecular formula is C10H9NO4S. The van der Waals surface area contributed by atoms with Crippen molar-refractivity contribution in [3.63, 3.8) is 0 Å². The van der Waals surface area contributed by atoms with Crippen molar-refractivity contribution in [3.05, 3.63) is 30.3 Å². The molecule has 1 heterocycles. The maximum Gasteiger partial charge on any atom is 0.248 e. The van der Waals surface area contributed by atoms with Gasteiger partial charge in [0, 0.05) is 0 Å². The first-order valence-corrected chi connectivity index (χ1v) is 6.43. The standard InChI is InChI=1S/C10H9NO4S/c12-9-6-16(14,15)7-10(13)11(9)8-4-2-1-3-5-8/h1-5H,6-7H2. The number of hydrogen-bond donors (Lipinski definition) is 0. The topological polar surface area (TPSA) is 71.5 Å². The summed E-state index contributed by atoms with van der Waals surface area (Å²) in [6, 6.07) is 8.29. The molecule has 0 unspecified atom stereocenters. The van der Waals surface area contributed by atoms with E-state index in [1.54, 1.807) is 30.3 Å². The van der Waals surface area contributed by atoms with Crippen molar-refractivity contribution < 1.29 is 18.0 Å². The minimum Gasteiger partial charge on any atom is -0.273 e. The Balaban J connectivity index is 2.38. The summed E-state index contributed by atoms with van der Waals surface area (Å²) in [4.78, 5) is 24.0. The van der Waals surface area contributed by atoms with Crippen molar-refractivity contribution in [3.8, 4) is 0 Å². The number of nitrogens with zero attached hydrogens (tertiary/aromatic N) is 1. The minimum atomic E-state index is -3.56. The summed E-state index contributed by atoms with van der Waals surface area (Å²) in [5, 5.41) is 0. The second-order valence-electron chi connectivity index (χ2n) is 3.49. The van der Waals surface area contributed by atoms with Gasteiger partial charge >= 0.3 is 0 Å². The zero-order chi connectivity index (χ0) is 11.8. The number of benzene rings is 1. The number of rotatable bonds is 1. The average molecular weight is 239 g/mol. The van der Waals surface area contributed by atoms with Crippen LogP contribution in [0.3, 0.4) is 0 Å². The molecule has 1 aromatic rings. The van der Waals surface area contributed by atoms with Crippen molar-refractivity contribution in [2.24, 2.45) is 0 Å². The van der Waals surface area contributed by atoms with E-state index in [1.807, 2.05) is 0 Å². The number of carbonyl (C=O) groups excluding carboxylic acids is 2. The Labute approximate surface area is 92.6 Å². The predicted octanol–water partition coefficient (Wildman–Crippen LogP) is -0.0254. The van der Waals surface area contributed by atoms with Crippen LogP contribution in [-0.4, -0.2) is 31.7 Å². The number of hydrogen-bond acceptors (Lipinski definition) is 4. The largest absolute Gasteiger partial charge is 0.273 e. The van der Waals surface area contributed by atoms with Crippen LogP contribution in [0.1, 0.15) is 0 Å². The maximum absolute atomic E-state index is 11.5. The van der Waals surface area contributed by atoms with Crippen LogP contribution < -0.4 is 4.90 Å². The molecular weight excluding hydrogens is 230 g/mol. The van der Waals surface area contributed by atoms with Gasteiger partial charge in [-0.15, -0.1) is 0 Å². The zero-order valence-corrected chi connectivity index (χ0v) is 9.11. The molecule has 16 heavy (non-hydrogen) atoms. The third-order valence-corrected chi connectivity index (χ3v) is 3.57. The molecule has 1 saturated heterocycles. The lowest BCUT2D eigenvalue weighted by Crippen LogP contribution is -2.49. The second kappa shape index (κ2) is 3.71. The van der Waals surface area contributed by atoms with E-state index in [-0.39, 0.29) is 0 Å². The molecule has 2 amide bonds. The van der Waals surface area contributed by atoms with Crippen LogP contribution in [0, 0.1) is 0 Å². The molecule has 1 aliphatic rings. The Morgan fingerprint density at radius 3 is 1.94 bits per heavy atom. The van der Waals surface area contributed by atoms with Gasteiger partial charge in [-0.25, -0.2) is 13.3 Å². The highest BCUT2D eigenvalue weighted by Crippen LogP contribution is 2.18. The zero-order valence-electron chi connectivity index (χ0n) is 8.29. The molecule has 0 aromatic heterocycles. The van der Waals surface area contributed by atoms with E-state index in [0.29, 0.717) is 5.69 Å². The van der Waals surface area contributed by atoms with Crippen LogP contribution in [0.15, 0.2) is 30.3 Å². The summed E-state index contributed by atoms with van der Waals surface area (Å²) in [7, 11) is -3.56. The lowest BCUT2D eigenvalue weighted by Gasteiger charge is -2.24. The molecule has 1 aliphatic heterocycles. The van der Waals surface area contributed by atoms with Gasteiger partial charge in [-0.2, -0.15) is 0 Å². The Morgan fingerprint density at radius 2 is 1.44 bits per heavy atom. The molecule has 84 valence electrons. The Hall–Kier alpha value is -1.69. The Kier molecular flexibility index (Phi) is 2.51. The van der Waals surface area contributed by atoms with Gasteiger partial charge in [0.15, 0.2) is 9.84 Å². The van der Waals surface area contributed by atoms with Gasteiger partial charge in [-0.3, -0.25) is 9.59 Å². The minimum absolute atomic E-state index is 0.410. The molecule has 1 fully saturated rings. The number of imide groups is 1. The van der Waals surface area contributed by atoms with Gasteiger partial charge in [0.2, 0.25) is 11.8 Å². The summed E-state index contributed by atoms with van der Waals surface area (Å²) in [6.45, 7) is 0.